The molecule has 0 spiro atoms. The highest BCUT2D eigenvalue weighted by atomic mass is 16.6. The van der Waals surface area contributed by atoms with Crippen LogP contribution in [0.5, 0.6) is 23.0 Å². The van der Waals surface area contributed by atoms with E-state index in [-0.39, 0.29) is 37.9 Å². The lowest BCUT2D eigenvalue weighted by Gasteiger charge is -2.14. The Kier molecular flexibility index (Phi) is 11.0. The van der Waals surface area contributed by atoms with Crippen LogP contribution in [0.25, 0.3) is 21.5 Å². The molecule has 0 amide bonds. The summed E-state index contributed by atoms with van der Waals surface area (Å²) >= 11 is 0. The van der Waals surface area contributed by atoms with Crippen molar-refractivity contribution in [2.24, 2.45) is 0 Å². The summed E-state index contributed by atoms with van der Waals surface area (Å²) in [4.78, 5) is 24.9. The van der Waals surface area contributed by atoms with Crippen molar-refractivity contribution in [2.45, 2.75) is 18.6 Å². The lowest BCUT2D eigenvalue weighted by Crippen LogP contribution is -2.25. The highest BCUT2D eigenvalue weighted by molar-refractivity contribution is 5.96. The zero-order valence-corrected chi connectivity index (χ0v) is 27.5. The van der Waals surface area contributed by atoms with Crippen LogP contribution in [0.15, 0.2) is 121 Å². The maximum atomic E-state index is 12.5. The molecule has 10 heteroatoms. The number of esters is 2. The summed E-state index contributed by atoms with van der Waals surface area (Å²) in [6.07, 6.45) is -1.38. The molecule has 6 aromatic rings. The Labute approximate surface area is 293 Å². The molecular formula is C41H36O10. The molecule has 0 saturated heterocycles. The number of carbonyl (C=O) groups is 2. The van der Waals surface area contributed by atoms with E-state index in [0.717, 1.165) is 32.7 Å². The first-order chi connectivity index (χ1) is 24.7. The van der Waals surface area contributed by atoms with Crippen LogP contribution in [0.2, 0.25) is 0 Å². The van der Waals surface area contributed by atoms with E-state index in [1.54, 1.807) is 97.1 Å². The quantitative estimate of drug-likeness (QED) is 0.0976. The standard InChI is InChI=1S/C41H36O10/c42-34-11-9-28-18-32(7-5-30(28)20-34)40(46)50-24-36(44)22-48-38-13-1-26(2-14-38)17-27-3-15-39(16-4-27)49-23-37(45)25-51-41(47)33-8-6-31-21-35(43)12-10-29(31)19-33/h1-16,18-21,36-37,42-45H,17,22-25H2. The topological polar surface area (TPSA) is 152 Å². The second-order valence-corrected chi connectivity index (χ2v) is 12.1. The molecule has 0 radical (unpaired) electrons. The number of phenols is 2. The van der Waals surface area contributed by atoms with E-state index in [1.165, 1.54) is 0 Å². The molecule has 0 saturated carbocycles. The van der Waals surface area contributed by atoms with Gasteiger partial charge in [-0.2, -0.15) is 0 Å². The number of hydrogen-bond donors (Lipinski definition) is 4. The van der Waals surface area contributed by atoms with Crippen LogP contribution in [-0.4, -0.2) is 71.0 Å². The minimum Gasteiger partial charge on any atom is -0.508 e. The number of hydrogen-bond acceptors (Lipinski definition) is 10. The van der Waals surface area contributed by atoms with Gasteiger partial charge in [0.15, 0.2) is 0 Å². The van der Waals surface area contributed by atoms with Crippen LogP contribution in [0.3, 0.4) is 0 Å². The number of aliphatic hydroxyl groups is 2. The monoisotopic (exact) mass is 688 g/mol. The summed E-state index contributed by atoms with van der Waals surface area (Å²) in [5.74, 6) is 0.287. The molecule has 4 N–H and O–H groups in total. The smallest absolute Gasteiger partial charge is 0.338 e. The van der Waals surface area contributed by atoms with E-state index in [2.05, 4.69) is 0 Å². The predicted molar refractivity (Wildman–Crippen MR) is 190 cm³/mol. The van der Waals surface area contributed by atoms with Crippen molar-refractivity contribution in [1.82, 2.24) is 0 Å². The molecule has 2 unspecified atom stereocenters. The van der Waals surface area contributed by atoms with Gasteiger partial charge in [0.05, 0.1) is 11.1 Å². The fourth-order valence-electron chi connectivity index (χ4n) is 5.35. The molecule has 0 aliphatic heterocycles. The highest BCUT2D eigenvalue weighted by Gasteiger charge is 2.14. The molecule has 10 nitrogen and oxygen atoms in total. The summed E-state index contributed by atoms with van der Waals surface area (Å²) in [6, 6.07) is 34.6. The van der Waals surface area contributed by atoms with E-state index >= 15 is 0 Å². The van der Waals surface area contributed by atoms with Gasteiger partial charge in [-0.25, -0.2) is 9.59 Å². The van der Waals surface area contributed by atoms with E-state index in [1.807, 2.05) is 24.3 Å². The van der Waals surface area contributed by atoms with Crippen LogP contribution in [0.1, 0.15) is 31.8 Å². The van der Waals surface area contributed by atoms with Gasteiger partial charge in [-0.15, -0.1) is 0 Å². The van der Waals surface area contributed by atoms with Gasteiger partial charge >= 0.3 is 11.9 Å². The van der Waals surface area contributed by atoms with E-state index in [9.17, 15) is 30.0 Å². The molecule has 6 aromatic carbocycles. The first kappa shape index (κ1) is 34.8. The van der Waals surface area contributed by atoms with E-state index in [4.69, 9.17) is 18.9 Å². The summed E-state index contributed by atoms with van der Waals surface area (Å²) < 4.78 is 21.9. The number of aromatic hydroxyl groups is 2. The largest absolute Gasteiger partial charge is 0.508 e. The van der Waals surface area contributed by atoms with Crippen molar-refractivity contribution in [2.75, 3.05) is 26.4 Å². The Morgan fingerprint density at radius 2 is 0.843 bits per heavy atom. The van der Waals surface area contributed by atoms with Gasteiger partial charge in [-0.1, -0.05) is 48.5 Å². The molecule has 51 heavy (non-hydrogen) atoms. The molecule has 0 aliphatic rings. The van der Waals surface area contributed by atoms with Gasteiger partial charge in [0.1, 0.15) is 61.6 Å². The summed E-state index contributed by atoms with van der Waals surface area (Å²) in [7, 11) is 0. The maximum absolute atomic E-state index is 12.5. The van der Waals surface area contributed by atoms with Crippen molar-refractivity contribution >= 4 is 33.5 Å². The SMILES string of the molecule is O=C(OCC(O)COc1ccc(Cc2ccc(OCC(O)COC(=O)c3ccc4cc(O)ccc4c3)cc2)cc1)c1ccc2cc(O)ccc2c1. The van der Waals surface area contributed by atoms with Gasteiger partial charge in [0.2, 0.25) is 0 Å². The average molecular weight is 689 g/mol. The second-order valence-electron chi connectivity index (χ2n) is 12.1. The maximum Gasteiger partial charge on any atom is 0.338 e. The third kappa shape index (κ3) is 9.54. The molecule has 0 fully saturated rings. The molecule has 0 aliphatic carbocycles. The Morgan fingerprint density at radius 1 is 0.471 bits per heavy atom. The Balaban J connectivity index is 0.887. The Bertz CT molecular complexity index is 1970. The summed E-state index contributed by atoms with van der Waals surface area (Å²) in [5.41, 5.74) is 2.77. The normalized spacial score (nSPS) is 12.3. The molecular weight excluding hydrogens is 652 g/mol. The third-order valence-electron chi connectivity index (χ3n) is 8.07. The van der Waals surface area contributed by atoms with Crippen molar-refractivity contribution < 1.29 is 49.0 Å². The number of phenolic OH excluding ortho intramolecular Hbond substituents is 2. The number of aliphatic hydroxyl groups excluding tert-OH is 2. The van der Waals surface area contributed by atoms with Crippen LogP contribution in [0, 0.1) is 0 Å². The molecule has 0 bridgehead atoms. The van der Waals surface area contributed by atoms with Crippen molar-refractivity contribution in [3.05, 3.63) is 144 Å². The Morgan fingerprint density at radius 3 is 1.25 bits per heavy atom. The Hall–Kier alpha value is -6.10. The van der Waals surface area contributed by atoms with Gasteiger partial charge in [-0.05, 0) is 112 Å². The lowest BCUT2D eigenvalue weighted by atomic mass is 10.0. The van der Waals surface area contributed by atoms with Crippen LogP contribution < -0.4 is 9.47 Å². The van der Waals surface area contributed by atoms with Crippen LogP contribution in [-0.2, 0) is 15.9 Å². The minimum absolute atomic E-state index is 0.0561. The molecule has 2 atom stereocenters. The number of fused-ring (bicyclic) bond motifs is 2. The second kappa shape index (κ2) is 16.1. The predicted octanol–water partition coefficient (Wildman–Crippen LogP) is 6.19. The fourth-order valence-corrected chi connectivity index (χ4v) is 5.35. The number of carbonyl (C=O) groups excluding carboxylic acids is 2. The lowest BCUT2D eigenvalue weighted by molar-refractivity contribution is 0.0127. The first-order valence-corrected chi connectivity index (χ1v) is 16.3. The summed E-state index contributed by atoms with van der Waals surface area (Å²) in [5, 5.41) is 43.0. The molecule has 6 rings (SSSR count). The van der Waals surface area contributed by atoms with E-state index in [0.29, 0.717) is 29.0 Å². The van der Waals surface area contributed by atoms with Gasteiger partial charge in [0, 0.05) is 0 Å². The first-order valence-electron chi connectivity index (χ1n) is 16.3. The average Bonchev–Trinajstić information content (AvgIpc) is 3.15. The summed E-state index contributed by atoms with van der Waals surface area (Å²) in [6.45, 7) is -0.564. The zero-order valence-electron chi connectivity index (χ0n) is 27.5. The zero-order chi connectivity index (χ0) is 35.7. The van der Waals surface area contributed by atoms with Crippen LogP contribution >= 0.6 is 0 Å². The number of ether oxygens (including phenoxy) is 4. The third-order valence-corrected chi connectivity index (χ3v) is 8.07. The van der Waals surface area contributed by atoms with Gasteiger partial charge in [0.25, 0.3) is 0 Å². The van der Waals surface area contributed by atoms with Gasteiger partial charge in [-0.3, -0.25) is 0 Å². The number of rotatable bonds is 14. The molecule has 0 heterocycles. The fraction of sp³-hybridized carbons (Fsp3) is 0.171. The van der Waals surface area contributed by atoms with Crippen molar-refractivity contribution in [1.29, 1.82) is 0 Å². The minimum atomic E-state index is -1.02. The van der Waals surface area contributed by atoms with Crippen LogP contribution in [0.4, 0.5) is 0 Å². The highest BCUT2D eigenvalue weighted by Crippen LogP contribution is 2.23. The molecule has 260 valence electrons. The number of benzene rings is 6. The van der Waals surface area contributed by atoms with Crippen molar-refractivity contribution in [3.63, 3.8) is 0 Å². The van der Waals surface area contributed by atoms with E-state index < -0.39 is 24.1 Å². The van der Waals surface area contributed by atoms with Gasteiger partial charge < -0.3 is 39.4 Å². The van der Waals surface area contributed by atoms with Crippen molar-refractivity contribution in [3.8, 4) is 23.0 Å². The molecule has 0 aromatic heterocycles.